The van der Waals surface area contributed by atoms with E-state index in [0.29, 0.717) is 23.2 Å². The Balaban J connectivity index is 1.66. The molecule has 1 N–H and O–H groups in total. The number of fused-ring (bicyclic) bond motifs is 1. The number of nitrogens with one attached hydrogen (secondary N) is 1. The molecule has 0 unspecified atom stereocenters. The minimum absolute atomic E-state index is 0.0765. The van der Waals surface area contributed by atoms with Gasteiger partial charge in [0.25, 0.3) is 5.91 Å². The molecule has 3 rings (SSSR count). The van der Waals surface area contributed by atoms with Gasteiger partial charge in [-0.25, -0.2) is 14.2 Å². The summed E-state index contributed by atoms with van der Waals surface area (Å²) in [6.07, 6.45) is -4.12. The largest absolute Gasteiger partial charge is 0.452 e. The molecule has 156 valence electrons. The van der Waals surface area contributed by atoms with Crippen LogP contribution < -0.4 is 5.32 Å². The minimum Gasteiger partial charge on any atom is -0.452 e. The van der Waals surface area contributed by atoms with Crippen LogP contribution in [0.4, 0.5) is 23.4 Å². The lowest BCUT2D eigenvalue weighted by Crippen LogP contribution is -2.22. The summed E-state index contributed by atoms with van der Waals surface area (Å²) in [5, 5.41) is 2.24. The Morgan fingerprint density at radius 3 is 2.60 bits per heavy atom. The van der Waals surface area contributed by atoms with Crippen LogP contribution in [-0.2, 0) is 15.7 Å². The number of esters is 1. The number of anilines is 1. The van der Waals surface area contributed by atoms with Crippen LogP contribution in [0.25, 0.3) is 10.9 Å². The highest BCUT2D eigenvalue weighted by atomic mass is 35.5. The van der Waals surface area contributed by atoms with E-state index in [1.54, 1.807) is 0 Å². The number of carbonyl (C=O) groups is 2. The Labute approximate surface area is 171 Å². The first-order valence-electron chi connectivity index (χ1n) is 8.31. The number of nitrogens with zero attached hydrogens (tertiary/aromatic N) is 2. The zero-order valence-electron chi connectivity index (χ0n) is 15.2. The van der Waals surface area contributed by atoms with Gasteiger partial charge in [0.1, 0.15) is 5.82 Å². The standard InChI is InChI=1S/C19H12ClF4N3O3/c1-9-13(4-10-2-3-12(21)6-15(10)26-9)18(29)30-8-16(28)27-17-14(20)5-11(7-25-17)19(22,23)24/h2-7H,8H2,1H3,(H,25,27,28). The zero-order chi connectivity index (χ0) is 22.1. The molecule has 0 atom stereocenters. The van der Waals surface area contributed by atoms with E-state index >= 15 is 0 Å². The van der Waals surface area contributed by atoms with Crippen molar-refractivity contribution in [2.45, 2.75) is 13.1 Å². The molecule has 0 aliphatic carbocycles. The van der Waals surface area contributed by atoms with E-state index in [-0.39, 0.29) is 17.1 Å². The van der Waals surface area contributed by atoms with Crippen molar-refractivity contribution >= 4 is 40.2 Å². The van der Waals surface area contributed by atoms with Gasteiger partial charge in [-0.15, -0.1) is 0 Å². The van der Waals surface area contributed by atoms with Crippen molar-refractivity contribution < 1.29 is 31.9 Å². The third-order valence-electron chi connectivity index (χ3n) is 3.95. The van der Waals surface area contributed by atoms with E-state index < -0.39 is 41.1 Å². The Kier molecular flexibility index (Phi) is 5.88. The molecule has 1 amide bonds. The highest BCUT2D eigenvalue weighted by Gasteiger charge is 2.31. The predicted octanol–water partition coefficient (Wildman–Crippen LogP) is 4.55. The predicted molar refractivity (Wildman–Crippen MR) is 99.6 cm³/mol. The lowest BCUT2D eigenvalue weighted by Gasteiger charge is -2.11. The fourth-order valence-electron chi connectivity index (χ4n) is 2.51. The molecule has 0 aliphatic heterocycles. The summed E-state index contributed by atoms with van der Waals surface area (Å²) in [5.74, 6) is -2.49. The lowest BCUT2D eigenvalue weighted by atomic mass is 10.1. The number of amides is 1. The SMILES string of the molecule is Cc1nc2cc(F)ccc2cc1C(=O)OCC(=O)Nc1ncc(C(F)(F)F)cc1Cl. The Bertz CT molecular complexity index is 1150. The zero-order valence-corrected chi connectivity index (χ0v) is 15.9. The maximum absolute atomic E-state index is 13.3. The Morgan fingerprint density at radius 2 is 1.93 bits per heavy atom. The quantitative estimate of drug-likeness (QED) is 0.474. The number of rotatable bonds is 4. The van der Waals surface area contributed by atoms with Gasteiger partial charge in [0, 0.05) is 17.6 Å². The maximum Gasteiger partial charge on any atom is 0.417 e. The Morgan fingerprint density at radius 1 is 1.20 bits per heavy atom. The fourth-order valence-corrected chi connectivity index (χ4v) is 2.72. The van der Waals surface area contributed by atoms with Crippen LogP contribution in [0.2, 0.25) is 5.02 Å². The van der Waals surface area contributed by atoms with Crippen molar-refractivity contribution in [1.82, 2.24) is 9.97 Å². The summed E-state index contributed by atoms with van der Waals surface area (Å²) in [4.78, 5) is 31.8. The van der Waals surface area contributed by atoms with Gasteiger partial charge < -0.3 is 10.1 Å². The van der Waals surface area contributed by atoms with Crippen LogP contribution in [0.5, 0.6) is 0 Å². The molecule has 0 saturated heterocycles. The van der Waals surface area contributed by atoms with Crippen LogP contribution in [0.15, 0.2) is 36.5 Å². The molecule has 1 aromatic carbocycles. The second kappa shape index (κ2) is 8.23. The number of hydrogen-bond acceptors (Lipinski definition) is 5. The van der Waals surface area contributed by atoms with Gasteiger partial charge in [0.2, 0.25) is 0 Å². The summed E-state index contributed by atoms with van der Waals surface area (Å²) < 4.78 is 56.0. The van der Waals surface area contributed by atoms with Crippen molar-refractivity contribution in [3.05, 3.63) is 64.2 Å². The topological polar surface area (TPSA) is 81.2 Å². The maximum atomic E-state index is 13.3. The van der Waals surface area contributed by atoms with Crippen molar-refractivity contribution in [1.29, 1.82) is 0 Å². The molecular weight excluding hydrogens is 430 g/mol. The number of alkyl halides is 3. The van der Waals surface area contributed by atoms with Crippen LogP contribution in [0.1, 0.15) is 21.6 Å². The molecule has 30 heavy (non-hydrogen) atoms. The summed E-state index contributed by atoms with van der Waals surface area (Å²) in [7, 11) is 0. The van der Waals surface area contributed by atoms with Gasteiger partial charge >= 0.3 is 12.1 Å². The van der Waals surface area contributed by atoms with Crippen LogP contribution in [0.3, 0.4) is 0 Å². The first kappa shape index (κ1) is 21.4. The average Bonchev–Trinajstić information content (AvgIpc) is 2.66. The molecule has 2 aromatic heterocycles. The molecule has 0 aliphatic rings. The third-order valence-corrected chi connectivity index (χ3v) is 4.24. The summed E-state index contributed by atoms with van der Waals surface area (Å²) in [6, 6.07) is 5.93. The van der Waals surface area contributed by atoms with E-state index in [0.717, 1.165) is 0 Å². The fraction of sp³-hybridized carbons (Fsp3) is 0.158. The number of aromatic nitrogens is 2. The number of aryl methyl sites for hydroxylation is 1. The number of ether oxygens (including phenoxy) is 1. The van der Waals surface area contributed by atoms with Gasteiger partial charge in [0.15, 0.2) is 12.4 Å². The molecule has 6 nitrogen and oxygen atoms in total. The molecular formula is C19H12ClF4N3O3. The molecule has 3 aromatic rings. The van der Waals surface area contributed by atoms with E-state index in [2.05, 4.69) is 15.3 Å². The lowest BCUT2D eigenvalue weighted by molar-refractivity contribution is -0.137. The monoisotopic (exact) mass is 441 g/mol. The Hall–Kier alpha value is -3.27. The number of benzene rings is 1. The van der Waals surface area contributed by atoms with Crippen LogP contribution in [0, 0.1) is 12.7 Å². The van der Waals surface area contributed by atoms with Crippen molar-refractivity contribution in [3.8, 4) is 0 Å². The summed E-state index contributed by atoms with van der Waals surface area (Å²) in [6.45, 7) is 0.783. The second-order valence-electron chi connectivity index (χ2n) is 6.13. The third kappa shape index (κ3) is 4.82. The summed E-state index contributed by atoms with van der Waals surface area (Å²) >= 11 is 5.71. The molecule has 11 heteroatoms. The van der Waals surface area contributed by atoms with Crippen LogP contribution >= 0.6 is 11.6 Å². The van der Waals surface area contributed by atoms with Gasteiger partial charge in [-0.1, -0.05) is 11.6 Å². The molecule has 0 saturated carbocycles. The van der Waals surface area contributed by atoms with Crippen molar-refractivity contribution in [3.63, 3.8) is 0 Å². The average molecular weight is 442 g/mol. The number of hydrogen-bond donors (Lipinski definition) is 1. The van der Waals surface area contributed by atoms with E-state index in [4.69, 9.17) is 16.3 Å². The van der Waals surface area contributed by atoms with E-state index in [9.17, 15) is 27.2 Å². The first-order valence-corrected chi connectivity index (χ1v) is 8.69. The van der Waals surface area contributed by atoms with Crippen molar-refractivity contribution in [2.24, 2.45) is 0 Å². The molecule has 0 fully saturated rings. The van der Waals surface area contributed by atoms with Gasteiger partial charge in [-0.2, -0.15) is 13.2 Å². The highest BCUT2D eigenvalue weighted by Crippen LogP contribution is 2.32. The van der Waals surface area contributed by atoms with E-state index in [1.807, 2.05) is 0 Å². The highest BCUT2D eigenvalue weighted by molar-refractivity contribution is 6.33. The van der Waals surface area contributed by atoms with Gasteiger partial charge in [0.05, 0.1) is 27.4 Å². The molecule has 0 radical (unpaired) electrons. The molecule has 2 heterocycles. The number of halogens is 5. The van der Waals surface area contributed by atoms with E-state index in [1.165, 1.54) is 31.2 Å². The van der Waals surface area contributed by atoms with Crippen molar-refractivity contribution in [2.75, 3.05) is 11.9 Å². The van der Waals surface area contributed by atoms with Gasteiger partial charge in [-0.3, -0.25) is 9.78 Å². The molecule has 0 spiro atoms. The second-order valence-corrected chi connectivity index (χ2v) is 6.54. The molecule has 0 bridgehead atoms. The minimum atomic E-state index is -4.63. The van der Waals surface area contributed by atoms with Crippen LogP contribution in [-0.4, -0.2) is 28.5 Å². The van der Waals surface area contributed by atoms with Gasteiger partial charge in [-0.05, 0) is 31.2 Å². The first-order chi connectivity index (χ1) is 14.0. The normalized spacial score (nSPS) is 11.4. The summed E-state index contributed by atoms with van der Waals surface area (Å²) in [5.41, 5.74) is -0.376. The number of carbonyl (C=O) groups excluding carboxylic acids is 2. The smallest absolute Gasteiger partial charge is 0.417 e. The number of pyridine rings is 2.